The topological polar surface area (TPSA) is 53.2 Å². The summed E-state index contributed by atoms with van der Waals surface area (Å²) in [5, 5.41) is 10.1. The molecule has 3 rings (SSSR count). The Labute approximate surface area is 109 Å². The lowest BCUT2D eigenvalue weighted by Gasteiger charge is -2.38. The van der Waals surface area contributed by atoms with Gasteiger partial charge in [0.15, 0.2) is 0 Å². The smallest absolute Gasteiger partial charge is 0.228 e. The minimum Gasteiger partial charge on any atom is -0.352 e. The van der Waals surface area contributed by atoms with Crippen molar-refractivity contribution in [2.45, 2.75) is 44.6 Å². The van der Waals surface area contributed by atoms with E-state index in [0.717, 1.165) is 39.0 Å². The zero-order chi connectivity index (χ0) is 12.4. The van der Waals surface area contributed by atoms with E-state index in [1.54, 1.807) is 0 Å². The molecule has 3 aliphatic rings. The van der Waals surface area contributed by atoms with Gasteiger partial charge in [0.25, 0.3) is 0 Å². The number of rotatable bonds is 2. The maximum Gasteiger partial charge on any atom is 0.228 e. The van der Waals surface area contributed by atoms with Crippen molar-refractivity contribution in [2.24, 2.45) is 11.3 Å². The van der Waals surface area contributed by atoms with Crippen LogP contribution in [0.4, 0.5) is 0 Å². The van der Waals surface area contributed by atoms with Crippen molar-refractivity contribution in [3.05, 3.63) is 0 Å². The van der Waals surface area contributed by atoms with E-state index in [0.29, 0.717) is 17.9 Å². The van der Waals surface area contributed by atoms with Gasteiger partial charge in [-0.25, -0.2) is 0 Å². The maximum absolute atomic E-state index is 12.7. The number of fused-ring (bicyclic) bond motifs is 1. The summed E-state index contributed by atoms with van der Waals surface area (Å²) >= 11 is 0. The van der Waals surface area contributed by atoms with Gasteiger partial charge in [-0.15, -0.1) is 0 Å². The molecule has 4 heteroatoms. The average Bonchev–Trinajstić information content (AvgIpc) is 2.85. The molecule has 3 fully saturated rings. The Hall–Kier alpha value is -0.610. The number of nitrogens with one attached hydrogen (secondary N) is 3. The number of carbonyl (C=O) groups is 1. The molecule has 0 aromatic heterocycles. The molecule has 2 heterocycles. The lowest BCUT2D eigenvalue weighted by molar-refractivity contribution is -0.134. The van der Waals surface area contributed by atoms with Gasteiger partial charge in [0, 0.05) is 19.1 Å². The molecular formula is C14H25N3O. The third kappa shape index (κ3) is 2.16. The van der Waals surface area contributed by atoms with Crippen LogP contribution in [0.1, 0.15) is 38.5 Å². The molecular weight excluding hydrogens is 226 g/mol. The van der Waals surface area contributed by atoms with Gasteiger partial charge in [-0.3, -0.25) is 4.79 Å². The van der Waals surface area contributed by atoms with Crippen molar-refractivity contribution < 1.29 is 4.79 Å². The molecule has 0 aromatic rings. The first-order chi connectivity index (χ1) is 8.81. The molecule has 4 nitrogen and oxygen atoms in total. The molecule has 3 N–H and O–H groups in total. The van der Waals surface area contributed by atoms with Gasteiger partial charge < -0.3 is 16.0 Å². The monoisotopic (exact) mass is 251 g/mol. The lowest BCUT2D eigenvalue weighted by atomic mass is 9.67. The van der Waals surface area contributed by atoms with Crippen LogP contribution in [0.5, 0.6) is 0 Å². The summed E-state index contributed by atoms with van der Waals surface area (Å²) in [6.07, 6.45) is 7.13. The van der Waals surface area contributed by atoms with E-state index in [2.05, 4.69) is 16.0 Å². The number of carbonyl (C=O) groups excluding carboxylic acids is 1. The van der Waals surface area contributed by atoms with Gasteiger partial charge in [0.2, 0.25) is 5.91 Å². The van der Waals surface area contributed by atoms with Crippen LogP contribution in [0, 0.1) is 11.3 Å². The molecule has 1 saturated carbocycles. The first-order valence-corrected chi connectivity index (χ1v) is 7.54. The zero-order valence-electron chi connectivity index (χ0n) is 11.1. The molecule has 0 bridgehead atoms. The number of hydrogen-bond acceptors (Lipinski definition) is 3. The van der Waals surface area contributed by atoms with Crippen LogP contribution < -0.4 is 16.0 Å². The van der Waals surface area contributed by atoms with E-state index in [-0.39, 0.29) is 5.41 Å². The molecule has 2 aliphatic heterocycles. The summed E-state index contributed by atoms with van der Waals surface area (Å²) in [5.74, 6) is 0.897. The summed E-state index contributed by atoms with van der Waals surface area (Å²) in [6.45, 7) is 3.97. The summed E-state index contributed by atoms with van der Waals surface area (Å²) < 4.78 is 0. The van der Waals surface area contributed by atoms with E-state index in [1.165, 1.54) is 25.7 Å². The molecule has 1 aliphatic carbocycles. The highest BCUT2D eigenvalue weighted by Gasteiger charge is 2.50. The first kappa shape index (κ1) is 12.4. The number of amides is 1. The zero-order valence-corrected chi connectivity index (χ0v) is 11.1. The third-order valence-corrected chi connectivity index (χ3v) is 5.12. The number of piperidine rings is 1. The van der Waals surface area contributed by atoms with Crippen molar-refractivity contribution in [2.75, 3.05) is 26.2 Å². The predicted molar refractivity (Wildman–Crippen MR) is 71.3 cm³/mol. The van der Waals surface area contributed by atoms with Crippen molar-refractivity contribution in [1.82, 2.24) is 16.0 Å². The van der Waals surface area contributed by atoms with Crippen LogP contribution >= 0.6 is 0 Å². The molecule has 0 aromatic carbocycles. The Bertz CT molecular complexity index is 314. The van der Waals surface area contributed by atoms with Crippen molar-refractivity contribution in [3.63, 3.8) is 0 Å². The maximum atomic E-state index is 12.7. The largest absolute Gasteiger partial charge is 0.352 e. The highest BCUT2D eigenvalue weighted by Crippen LogP contribution is 2.44. The Morgan fingerprint density at radius 1 is 1.11 bits per heavy atom. The van der Waals surface area contributed by atoms with Crippen LogP contribution in [0.15, 0.2) is 0 Å². The molecule has 1 amide bonds. The van der Waals surface area contributed by atoms with Gasteiger partial charge >= 0.3 is 0 Å². The molecule has 3 atom stereocenters. The van der Waals surface area contributed by atoms with E-state index >= 15 is 0 Å². The molecule has 18 heavy (non-hydrogen) atoms. The molecule has 0 radical (unpaired) electrons. The van der Waals surface area contributed by atoms with Crippen molar-refractivity contribution in [3.8, 4) is 0 Å². The van der Waals surface area contributed by atoms with Crippen LogP contribution in [0.3, 0.4) is 0 Å². The summed E-state index contributed by atoms with van der Waals surface area (Å²) in [4.78, 5) is 12.7. The fraction of sp³-hybridized carbons (Fsp3) is 0.929. The quantitative estimate of drug-likeness (QED) is 0.675. The minimum atomic E-state index is -0.0876. The van der Waals surface area contributed by atoms with Crippen LogP contribution in [0.25, 0.3) is 0 Å². The first-order valence-electron chi connectivity index (χ1n) is 7.54. The van der Waals surface area contributed by atoms with Gasteiger partial charge in [-0.2, -0.15) is 0 Å². The van der Waals surface area contributed by atoms with E-state index < -0.39 is 0 Å². The number of hydrogen-bond donors (Lipinski definition) is 3. The molecule has 0 spiro atoms. The van der Waals surface area contributed by atoms with E-state index in [4.69, 9.17) is 0 Å². The van der Waals surface area contributed by atoms with E-state index in [1.807, 2.05) is 0 Å². The van der Waals surface area contributed by atoms with Crippen molar-refractivity contribution >= 4 is 5.91 Å². The second-order valence-electron chi connectivity index (χ2n) is 6.25. The SMILES string of the molecule is O=C(NC1CCCNC1)[C@@]12CCCC[C@H]1CNC2. The van der Waals surface area contributed by atoms with Crippen LogP contribution in [-0.2, 0) is 4.79 Å². The Kier molecular flexibility index (Phi) is 3.57. The highest BCUT2D eigenvalue weighted by atomic mass is 16.2. The summed E-state index contributed by atoms with van der Waals surface area (Å²) in [5.41, 5.74) is -0.0876. The second-order valence-corrected chi connectivity index (χ2v) is 6.25. The molecule has 1 unspecified atom stereocenters. The standard InChI is InChI=1S/C14H25N3O/c18-13(17-12-5-3-7-15-9-12)14-6-2-1-4-11(14)8-16-10-14/h11-12,15-16H,1-10H2,(H,17,18)/t11-,12?,14+/m0/s1. The second kappa shape index (κ2) is 5.17. The summed E-state index contributed by atoms with van der Waals surface area (Å²) in [6, 6.07) is 0.351. The fourth-order valence-electron chi connectivity index (χ4n) is 3.99. The Balaban J connectivity index is 1.66. The van der Waals surface area contributed by atoms with Gasteiger partial charge in [-0.05, 0) is 44.7 Å². The van der Waals surface area contributed by atoms with Gasteiger partial charge in [0.1, 0.15) is 0 Å². The summed E-state index contributed by atoms with van der Waals surface area (Å²) in [7, 11) is 0. The third-order valence-electron chi connectivity index (χ3n) is 5.12. The Morgan fingerprint density at radius 3 is 2.89 bits per heavy atom. The van der Waals surface area contributed by atoms with Gasteiger partial charge in [-0.1, -0.05) is 12.8 Å². The molecule has 102 valence electrons. The fourth-order valence-corrected chi connectivity index (χ4v) is 3.99. The average molecular weight is 251 g/mol. The van der Waals surface area contributed by atoms with Crippen LogP contribution in [-0.4, -0.2) is 38.1 Å². The van der Waals surface area contributed by atoms with E-state index in [9.17, 15) is 4.79 Å². The lowest BCUT2D eigenvalue weighted by Crippen LogP contribution is -2.54. The molecule has 2 saturated heterocycles. The van der Waals surface area contributed by atoms with Crippen LogP contribution in [0.2, 0.25) is 0 Å². The van der Waals surface area contributed by atoms with Crippen molar-refractivity contribution in [1.29, 1.82) is 0 Å². The highest BCUT2D eigenvalue weighted by molar-refractivity contribution is 5.84. The van der Waals surface area contributed by atoms with Gasteiger partial charge in [0.05, 0.1) is 5.41 Å². The normalized spacial score (nSPS) is 40.2. The Morgan fingerprint density at radius 2 is 2.06 bits per heavy atom. The predicted octanol–water partition coefficient (Wildman–Crippen LogP) is 0.634. The minimum absolute atomic E-state index is 0.0876.